The Morgan fingerprint density at radius 3 is 2.39 bits per heavy atom. The molecule has 28 heavy (non-hydrogen) atoms. The highest BCUT2D eigenvalue weighted by Gasteiger charge is 2.15. The number of anilines is 2. The molecule has 0 saturated heterocycles. The lowest BCUT2D eigenvalue weighted by atomic mass is 10.2. The molecule has 0 fully saturated rings. The van der Waals surface area contributed by atoms with E-state index in [4.69, 9.17) is 0 Å². The van der Waals surface area contributed by atoms with E-state index in [1.807, 2.05) is 30.3 Å². The van der Waals surface area contributed by atoms with Crippen molar-refractivity contribution in [3.05, 3.63) is 78.2 Å². The molecule has 9 heteroatoms. The van der Waals surface area contributed by atoms with Gasteiger partial charge in [-0.1, -0.05) is 30.3 Å². The smallest absolute Gasteiger partial charge is 0.255 e. The molecule has 144 valence electrons. The number of carbonyl (C=O) groups is 1. The molecular weight excluding hydrogens is 378 g/mol. The summed E-state index contributed by atoms with van der Waals surface area (Å²) in [6, 6.07) is 15.0. The van der Waals surface area contributed by atoms with Gasteiger partial charge in [0.1, 0.15) is 18.7 Å². The summed E-state index contributed by atoms with van der Waals surface area (Å²) in [5.41, 5.74) is 1.72. The minimum Gasteiger partial charge on any atom is -0.324 e. The molecule has 1 aromatic heterocycles. The molecule has 1 unspecified atom stereocenters. The summed E-state index contributed by atoms with van der Waals surface area (Å²) in [5.74, 6) is -0.260. The lowest BCUT2D eigenvalue weighted by Gasteiger charge is -2.12. The van der Waals surface area contributed by atoms with Gasteiger partial charge < -0.3 is 5.32 Å². The van der Waals surface area contributed by atoms with Gasteiger partial charge in [0, 0.05) is 11.4 Å². The summed E-state index contributed by atoms with van der Waals surface area (Å²) >= 11 is 0. The van der Waals surface area contributed by atoms with Gasteiger partial charge in [0.15, 0.2) is 0 Å². The molecule has 2 aromatic carbocycles. The van der Waals surface area contributed by atoms with Crippen LogP contribution in [0, 0.1) is 0 Å². The van der Waals surface area contributed by atoms with E-state index in [1.54, 1.807) is 31.2 Å². The number of nitrogens with zero attached hydrogens (tertiary/aromatic N) is 3. The fourth-order valence-electron chi connectivity index (χ4n) is 2.34. The Labute approximate surface area is 163 Å². The second-order valence-corrected chi connectivity index (χ2v) is 7.54. The van der Waals surface area contributed by atoms with Crippen LogP contribution in [0.4, 0.5) is 11.4 Å². The van der Waals surface area contributed by atoms with Gasteiger partial charge in [-0.2, -0.15) is 5.10 Å². The molecule has 1 atom stereocenters. The molecule has 2 N–H and O–H groups in total. The van der Waals surface area contributed by atoms with Gasteiger partial charge in [-0.05, 0) is 42.8 Å². The highest BCUT2D eigenvalue weighted by Crippen LogP contribution is 2.17. The molecule has 0 aliphatic heterocycles. The van der Waals surface area contributed by atoms with Crippen LogP contribution in [0.25, 0.3) is 6.08 Å². The Kier molecular flexibility index (Phi) is 5.85. The van der Waals surface area contributed by atoms with E-state index in [0.29, 0.717) is 11.4 Å². The van der Waals surface area contributed by atoms with Gasteiger partial charge in [-0.25, -0.2) is 18.1 Å². The monoisotopic (exact) mass is 397 g/mol. The maximum atomic E-state index is 12.2. The summed E-state index contributed by atoms with van der Waals surface area (Å²) < 4.78 is 28.3. The standard InChI is InChI=1S/C19H19N5O3S/c1-15(24-14-20-13-21-24)19(25)22-17-7-9-18(10-8-17)23-28(26,27)12-11-16-5-3-2-4-6-16/h2-15,23H,1H3,(H,22,25). The highest BCUT2D eigenvalue weighted by atomic mass is 32.2. The van der Waals surface area contributed by atoms with Crippen LogP contribution < -0.4 is 10.0 Å². The Morgan fingerprint density at radius 2 is 1.75 bits per heavy atom. The first kappa shape index (κ1) is 19.3. The van der Waals surface area contributed by atoms with Crippen molar-refractivity contribution in [1.82, 2.24) is 14.8 Å². The molecule has 1 amide bonds. The fourth-order valence-corrected chi connectivity index (χ4v) is 3.21. The van der Waals surface area contributed by atoms with Gasteiger partial charge in [0.2, 0.25) is 5.91 Å². The quantitative estimate of drug-likeness (QED) is 0.638. The second-order valence-electron chi connectivity index (χ2n) is 5.98. The highest BCUT2D eigenvalue weighted by molar-refractivity contribution is 7.95. The number of sulfonamides is 1. The lowest BCUT2D eigenvalue weighted by molar-refractivity contribution is -0.119. The van der Waals surface area contributed by atoms with Crippen LogP contribution >= 0.6 is 0 Å². The maximum absolute atomic E-state index is 12.2. The van der Waals surface area contributed by atoms with Crippen LogP contribution in [0.5, 0.6) is 0 Å². The first-order valence-electron chi connectivity index (χ1n) is 8.44. The number of carbonyl (C=O) groups excluding carboxylic acids is 1. The number of amides is 1. The van der Waals surface area contributed by atoms with Crippen LogP contribution in [0.3, 0.4) is 0 Å². The van der Waals surface area contributed by atoms with Crippen LogP contribution in [-0.2, 0) is 14.8 Å². The Balaban J connectivity index is 1.61. The molecule has 0 bridgehead atoms. The van der Waals surface area contributed by atoms with E-state index in [-0.39, 0.29) is 5.91 Å². The van der Waals surface area contributed by atoms with E-state index in [0.717, 1.165) is 11.0 Å². The van der Waals surface area contributed by atoms with Crippen LogP contribution in [0.1, 0.15) is 18.5 Å². The molecule has 3 aromatic rings. The zero-order valence-electron chi connectivity index (χ0n) is 15.1. The van der Waals surface area contributed by atoms with E-state index < -0.39 is 16.1 Å². The predicted octanol–water partition coefficient (Wildman–Crippen LogP) is 2.89. The van der Waals surface area contributed by atoms with E-state index >= 15 is 0 Å². The number of nitrogens with one attached hydrogen (secondary N) is 2. The zero-order valence-corrected chi connectivity index (χ0v) is 15.9. The number of hydrogen-bond donors (Lipinski definition) is 2. The van der Waals surface area contributed by atoms with Crippen molar-refractivity contribution in [2.75, 3.05) is 10.0 Å². The summed E-state index contributed by atoms with van der Waals surface area (Å²) in [6.45, 7) is 1.70. The number of rotatable bonds is 7. The second kappa shape index (κ2) is 8.49. The third kappa shape index (κ3) is 5.27. The Morgan fingerprint density at radius 1 is 1.07 bits per heavy atom. The molecule has 8 nitrogen and oxygen atoms in total. The number of aromatic nitrogens is 3. The Bertz CT molecular complexity index is 1050. The molecule has 0 spiro atoms. The average molecular weight is 397 g/mol. The fraction of sp³-hybridized carbons (Fsp3) is 0.105. The molecule has 0 aliphatic rings. The van der Waals surface area contributed by atoms with E-state index in [9.17, 15) is 13.2 Å². The van der Waals surface area contributed by atoms with Crippen molar-refractivity contribution in [3.8, 4) is 0 Å². The van der Waals surface area contributed by atoms with Gasteiger partial charge in [-0.15, -0.1) is 0 Å². The van der Waals surface area contributed by atoms with Gasteiger partial charge in [0.05, 0.1) is 5.41 Å². The molecular formula is C19H19N5O3S. The number of benzene rings is 2. The van der Waals surface area contributed by atoms with Crippen LogP contribution in [0.15, 0.2) is 72.7 Å². The van der Waals surface area contributed by atoms with E-state index in [2.05, 4.69) is 20.1 Å². The molecule has 0 radical (unpaired) electrons. The van der Waals surface area contributed by atoms with Crippen molar-refractivity contribution in [1.29, 1.82) is 0 Å². The minimum absolute atomic E-state index is 0.260. The normalized spacial score (nSPS) is 12.6. The minimum atomic E-state index is -3.65. The predicted molar refractivity (Wildman–Crippen MR) is 108 cm³/mol. The van der Waals surface area contributed by atoms with Crippen molar-refractivity contribution in [2.45, 2.75) is 13.0 Å². The summed E-state index contributed by atoms with van der Waals surface area (Å²) in [5, 5.41) is 7.79. The van der Waals surface area contributed by atoms with Gasteiger partial charge in [-0.3, -0.25) is 9.52 Å². The summed E-state index contributed by atoms with van der Waals surface area (Å²) in [7, 11) is -3.65. The largest absolute Gasteiger partial charge is 0.324 e. The summed E-state index contributed by atoms with van der Waals surface area (Å²) in [4.78, 5) is 16.0. The van der Waals surface area contributed by atoms with Crippen molar-refractivity contribution < 1.29 is 13.2 Å². The topological polar surface area (TPSA) is 106 Å². The molecule has 1 heterocycles. The molecule has 0 aliphatic carbocycles. The van der Waals surface area contributed by atoms with Crippen molar-refractivity contribution >= 4 is 33.4 Å². The Hall–Kier alpha value is -3.46. The third-order valence-corrected chi connectivity index (χ3v) is 4.88. The van der Waals surface area contributed by atoms with Gasteiger partial charge in [0.25, 0.3) is 10.0 Å². The zero-order chi connectivity index (χ0) is 20.0. The summed E-state index contributed by atoms with van der Waals surface area (Å²) in [6.07, 6.45) is 4.34. The van der Waals surface area contributed by atoms with Gasteiger partial charge >= 0.3 is 0 Å². The molecule has 0 saturated carbocycles. The van der Waals surface area contributed by atoms with Crippen molar-refractivity contribution in [3.63, 3.8) is 0 Å². The average Bonchev–Trinajstić information content (AvgIpc) is 3.23. The van der Waals surface area contributed by atoms with Crippen LogP contribution in [0.2, 0.25) is 0 Å². The van der Waals surface area contributed by atoms with E-state index in [1.165, 1.54) is 23.4 Å². The molecule has 3 rings (SSSR count). The lowest BCUT2D eigenvalue weighted by Crippen LogP contribution is -2.24. The third-order valence-electron chi connectivity index (χ3n) is 3.86. The van der Waals surface area contributed by atoms with Crippen molar-refractivity contribution in [2.24, 2.45) is 0 Å². The number of hydrogen-bond acceptors (Lipinski definition) is 5. The SMILES string of the molecule is CC(C(=O)Nc1ccc(NS(=O)(=O)C=Cc2ccccc2)cc1)n1cncn1. The first-order chi connectivity index (χ1) is 13.4. The first-order valence-corrected chi connectivity index (χ1v) is 9.98. The maximum Gasteiger partial charge on any atom is 0.255 e. The van der Waals surface area contributed by atoms with Crippen LogP contribution in [-0.4, -0.2) is 29.1 Å².